The summed E-state index contributed by atoms with van der Waals surface area (Å²) in [5.41, 5.74) is -0.409. The van der Waals surface area contributed by atoms with Gasteiger partial charge in [0.1, 0.15) is 0 Å². The summed E-state index contributed by atoms with van der Waals surface area (Å²) in [6, 6.07) is 1.53. The number of sulfonamides is 1. The summed E-state index contributed by atoms with van der Waals surface area (Å²) in [6.07, 6.45) is -0.466. The van der Waals surface area contributed by atoms with Crippen molar-refractivity contribution in [3.8, 4) is 5.75 Å². The molecule has 0 aliphatic carbocycles. The number of aliphatic carboxylic acids is 1. The molecule has 0 saturated carbocycles. The van der Waals surface area contributed by atoms with E-state index in [1.165, 1.54) is 6.92 Å². The van der Waals surface area contributed by atoms with Gasteiger partial charge in [-0.2, -0.15) is 0 Å². The molecule has 0 bridgehead atoms. The fraction of sp³-hybridized carbons (Fsp3) is 0.385. The number of ether oxygens (including phenoxy) is 2. The van der Waals surface area contributed by atoms with Crippen LogP contribution >= 0.6 is 0 Å². The van der Waals surface area contributed by atoms with Crippen molar-refractivity contribution in [2.24, 2.45) is 0 Å². The predicted molar refractivity (Wildman–Crippen MR) is 76.3 cm³/mol. The van der Waals surface area contributed by atoms with Crippen LogP contribution in [0.2, 0.25) is 0 Å². The van der Waals surface area contributed by atoms with Gasteiger partial charge >= 0.3 is 11.9 Å². The van der Waals surface area contributed by atoms with Gasteiger partial charge in [-0.1, -0.05) is 0 Å². The lowest BCUT2D eigenvalue weighted by Gasteiger charge is -2.12. The molecule has 0 aromatic heterocycles. The Balaban J connectivity index is 3.29. The molecule has 0 spiro atoms. The Kier molecular flexibility index (Phi) is 6.46. The molecule has 1 rings (SSSR count). The van der Waals surface area contributed by atoms with E-state index in [0.29, 0.717) is 6.07 Å². The van der Waals surface area contributed by atoms with Crippen LogP contribution in [-0.2, 0) is 19.6 Å². The molecule has 0 fully saturated rings. The SMILES string of the molecule is CCOC(=O)c1cc(OC)c(F)cc1S(=O)(=O)NCCC(=O)O. The lowest BCUT2D eigenvalue weighted by Crippen LogP contribution is -2.28. The summed E-state index contributed by atoms with van der Waals surface area (Å²) in [6.45, 7) is 1.11. The molecule has 0 amide bonds. The molecule has 8 nitrogen and oxygen atoms in total. The minimum absolute atomic E-state index is 0.00947. The fourth-order valence-electron chi connectivity index (χ4n) is 1.65. The van der Waals surface area contributed by atoms with Gasteiger partial charge in [-0.25, -0.2) is 22.3 Å². The Labute approximate surface area is 132 Å². The van der Waals surface area contributed by atoms with Gasteiger partial charge in [0.15, 0.2) is 11.6 Å². The first-order chi connectivity index (χ1) is 10.7. The predicted octanol–water partition coefficient (Wildman–Crippen LogP) is 0.764. The third kappa shape index (κ3) is 4.89. The van der Waals surface area contributed by atoms with Gasteiger partial charge in [0.2, 0.25) is 10.0 Å². The maximum atomic E-state index is 13.8. The lowest BCUT2D eigenvalue weighted by atomic mass is 10.2. The van der Waals surface area contributed by atoms with Crippen molar-refractivity contribution in [2.75, 3.05) is 20.3 Å². The number of carbonyl (C=O) groups excluding carboxylic acids is 1. The van der Waals surface area contributed by atoms with Gasteiger partial charge < -0.3 is 14.6 Å². The van der Waals surface area contributed by atoms with Gasteiger partial charge in [0.05, 0.1) is 30.6 Å². The van der Waals surface area contributed by atoms with E-state index >= 15 is 0 Å². The lowest BCUT2D eigenvalue weighted by molar-refractivity contribution is -0.136. The van der Waals surface area contributed by atoms with Gasteiger partial charge in [-0.3, -0.25) is 4.79 Å². The standard InChI is InChI=1S/C13H16FNO7S/c1-3-22-13(18)8-6-10(21-2)9(14)7-11(8)23(19,20)15-5-4-12(16)17/h6-7,15H,3-5H2,1-2H3,(H,16,17). The summed E-state index contributed by atoms with van der Waals surface area (Å²) in [4.78, 5) is 21.7. The molecule has 0 atom stereocenters. The zero-order chi connectivity index (χ0) is 17.6. The van der Waals surface area contributed by atoms with Crippen molar-refractivity contribution in [3.05, 3.63) is 23.5 Å². The molecular formula is C13H16FNO7S. The van der Waals surface area contributed by atoms with E-state index in [9.17, 15) is 22.4 Å². The van der Waals surface area contributed by atoms with Crippen LogP contribution in [0.3, 0.4) is 0 Å². The van der Waals surface area contributed by atoms with E-state index in [1.807, 2.05) is 4.72 Å². The number of esters is 1. The largest absolute Gasteiger partial charge is 0.494 e. The number of halogens is 1. The molecule has 0 heterocycles. The van der Waals surface area contributed by atoms with Crippen LogP contribution in [-0.4, -0.2) is 45.7 Å². The topological polar surface area (TPSA) is 119 Å². The molecule has 0 aliphatic rings. The monoisotopic (exact) mass is 349 g/mol. The highest BCUT2D eigenvalue weighted by atomic mass is 32.2. The number of benzene rings is 1. The average molecular weight is 349 g/mol. The third-order valence-corrected chi connectivity index (χ3v) is 4.17. The first-order valence-electron chi connectivity index (χ1n) is 6.49. The van der Waals surface area contributed by atoms with E-state index in [4.69, 9.17) is 14.6 Å². The fourth-order valence-corrected chi connectivity index (χ4v) is 2.87. The number of carboxylic acid groups (broad SMARTS) is 1. The molecule has 0 radical (unpaired) electrons. The summed E-state index contributed by atoms with van der Waals surface area (Å²) in [5.74, 6) is -3.49. The maximum absolute atomic E-state index is 13.8. The molecule has 0 unspecified atom stereocenters. The number of methoxy groups -OCH3 is 1. The van der Waals surface area contributed by atoms with Crippen molar-refractivity contribution in [1.29, 1.82) is 0 Å². The normalized spacial score (nSPS) is 11.1. The van der Waals surface area contributed by atoms with Crippen molar-refractivity contribution >= 4 is 22.0 Å². The molecule has 2 N–H and O–H groups in total. The summed E-state index contributed by atoms with van der Waals surface area (Å²) < 4.78 is 49.6. The molecule has 23 heavy (non-hydrogen) atoms. The second-order valence-electron chi connectivity index (χ2n) is 4.24. The summed E-state index contributed by atoms with van der Waals surface area (Å²) >= 11 is 0. The second kappa shape index (κ2) is 7.88. The zero-order valence-electron chi connectivity index (χ0n) is 12.5. The van der Waals surface area contributed by atoms with E-state index in [-0.39, 0.29) is 12.4 Å². The molecule has 0 saturated heterocycles. The number of hydrogen-bond acceptors (Lipinski definition) is 6. The van der Waals surface area contributed by atoms with Gasteiger partial charge in [-0.05, 0) is 19.1 Å². The summed E-state index contributed by atoms with van der Waals surface area (Å²) in [5, 5.41) is 8.52. The van der Waals surface area contributed by atoms with Crippen LogP contribution in [0.4, 0.5) is 4.39 Å². The molecule has 128 valence electrons. The third-order valence-electron chi connectivity index (χ3n) is 2.67. The highest BCUT2D eigenvalue weighted by Crippen LogP contribution is 2.26. The average Bonchev–Trinajstić information content (AvgIpc) is 2.46. The number of hydrogen-bond donors (Lipinski definition) is 2. The van der Waals surface area contributed by atoms with Crippen molar-refractivity contribution in [2.45, 2.75) is 18.2 Å². The number of nitrogens with one attached hydrogen (secondary N) is 1. The number of carboxylic acids is 1. The molecule has 10 heteroatoms. The highest BCUT2D eigenvalue weighted by molar-refractivity contribution is 7.89. The van der Waals surface area contributed by atoms with Gasteiger partial charge in [0, 0.05) is 6.54 Å². The first-order valence-corrected chi connectivity index (χ1v) is 7.97. The van der Waals surface area contributed by atoms with E-state index < -0.39 is 51.2 Å². The minimum atomic E-state index is -4.31. The Morgan fingerprint density at radius 2 is 2.00 bits per heavy atom. The van der Waals surface area contributed by atoms with Crippen LogP contribution in [0, 0.1) is 5.82 Å². The highest BCUT2D eigenvalue weighted by Gasteiger charge is 2.26. The van der Waals surface area contributed by atoms with E-state index in [0.717, 1.165) is 13.2 Å². The Morgan fingerprint density at radius 1 is 1.35 bits per heavy atom. The van der Waals surface area contributed by atoms with Gasteiger partial charge in [-0.15, -0.1) is 0 Å². The molecule has 0 aliphatic heterocycles. The second-order valence-corrected chi connectivity index (χ2v) is 5.98. The van der Waals surface area contributed by atoms with Crippen molar-refractivity contribution < 1.29 is 37.0 Å². The van der Waals surface area contributed by atoms with E-state index in [2.05, 4.69) is 0 Å². The van der Waals surface area contributed by atoms with Crippen LogP contribution < -0.4 is 9.46 Å². The summed E-state index contributed by atoms with van der Waals surface area (Å²) in [7, 11) is -3.15. The molecule has 1 aromatic rings. The number of carbonyl (C=O) groups is 2. The quantitative estimate of drug-likeness (QED) is 0.665. The molecule has 1 aromatic carbocycles. The Morgan fingerprint density at radius 3 is 2.52 bits per heavy atom. The Hall–Kier alpha value is -2.20. The van der Waals surface area contributed by atoms with Gasteiger partial charge in [0.25, 0.3) is 0 Å². The van der Waals surface area contributed by atoms with Crippen LogP contribution in [0.15, 0.2) is 17.0 Å². The van der Waals surface area contributed by atoms with Crippen LogP contribution in [0.1, 0.15) is 23.7 Å². The van der Waals surface area contributed by atoms with Crippen LogP contribution in [0.5, 0.6) is 5.75 Å². The minimum Gasteiger partial charge on any atom is -0.494 e. The van der Waals surface area contributed by atoms with Crippen molar-refractivity contribution in [3.63, 3.8) is 0 Å². The number of rotatable bonds is 8. The van der Waals surface area contributed by atoms with E-state index in [1.54, 1.807) is 0 Å². The van der Waals surface area contributed by atoms with Crippen molar-refractivity contribution in [1.82, 2.24) is 4.72 Å². The van der Waals surface area contributed by atoms with Crippen LogP contribution in [0.25, 0.3) is 0 Å². The zero-order valence-corrected chi connectivity index (χ0v) is 13.3. The Bertz CT molecular complexity index is 703. The smallest absolute Gasteiger partial charge is 0.339 e. The maximum Gasteiger partial charge on any atom is 0.339 e. The first kappa shape index (κ1) is 18.8. The molecular weight excluding hydrogens is 333 g/mol.